The summed E-state index contributed by atoms with van der Waals surface area (Å²) in [7, 11) is 0. The topological polar surface area (TPSA) is 244 Å². The summed E-state index contributed by atoms with van der Waals surface area (Å²) in [5.74, 6) is -4.39. The van der Waals surface area contributed by atoms with Gasteiger partial charge in [0.15, 0.2) is 0 Å². The molecule has 0 rings (SSSR count). The van der Waals surface area contributed by atoms with Crippen molar-refractivity contribution in [3.63, 3.8) is 0 Å². The lowest BCUT2D eigenvalue weighted by Crippen LogP contribution is -2.52. The number of amides is 2. The molecular formula is C22H31N7O8. The van der Waals surface area contributed by atoms with E-state index < -0.39 is 53.4 Å². The number of carbonyl (C=O) groups is 6. The summed E-state index contributed by atoms with van der Waals surface area (Å²) >= 11 is 0. The molecule has 0 saturated heterocycles. The Labute approximate surface area is 213 Å². The van der Waals surface area contributed by atoms with Gasteiger partial charge in [0.1, 0.15) is 24.7 Å². The molecule has 0 spiro atoms. The zero-order chi connectivity index (χ0) is 28.2. The second-order valence-corrected chi connectivity index (χ2v) is 7.50. The maximum Gasteiger partial charge on any atom is 0.328 e. The highest BCUT2D eigenvalue weighted by Gasteiger charge is 2.29. The number of rotatable bonds is 19. The van der Waals surface area contributed by atoms with Crippen molar-refractivity contribution in [2.75, 3.05) is 13.2 Å². The smallest absolute Gasteiger partial charge is 0.328 e. The molecule has 2 amide bonds. The van der Waals surface area contributed by atoms with Crippen molar-refractivity contribution < 1.29 is 47.8 Å². The van der Waals surface area contributed by atoms with Crippen LogP contribution < -0.4 is 16.4 Å². The van der Waals surface area contributed by atoms with Gasteiger partial charge in [-0.3, -0.25) is 24.0 Å². The second-order valence-electron chi connectivity index (χ2n) is 7.50. The zero-order valence-electron chi connectivity index (χ0n) is 20.5. The molecule has 0 aromatic carbocycles. The van der Waals surface area contributed by atoms with E-state index in [-0.39, 0.29) is 51.7 Å². The van der Waals surface area contributed by atoms with Gasteiger partial charge in [-0.25, -0.2) is 4.79 Å². The van der Waals surface area contributed by atoms with Crippen molar-refractivity contribution in [2.24, 2.45) is 5.73 Å². The molecule has 15 nitrogen and oxygen atoms in total. The number of hydrogen-bond donors (Lipinski definition) is 3. The molecule has 0 fully saturated rings. The van der Waals surface area contributed by atoms with Crippen molar-refractivity contribution >= 4 is 47.7 Å². The van der Waals surface area contributed by atoms with Crippen molar-refractivity contribution in [1.29, 1.82) is 0 Å². The van der Waals surface area contributed by atoms with Gasteiger partial charge in [-0.05, 0) is 26.2 Å². The Morgan fingerprint density at radius 3 is 1.95 bits per heavy atom. The first kappa shape index (κ1) is 32.7. The van der Waals surface area contributed by atoms with E-state index >= 15 is 0 Å². The van der Waals surface area contributed by atoms with Gasteiger partial charge in [0.25, 0.3) is 0 Å². The van der Waals surface area contributed by atoms with E-state index in [1.807, 2.05) is 0 Å². The molecule has 0 radical (unpaired) electrons. The molecule has 0 saturated carbocycles. The quantitative estimate of drug-likeness (QED) is 0.0597. The number of nitrogens with two attached hydrogens (primary N) is 1. The maximum absolute atomic E-state index is 12.9. The summed E-state index contributed by atoms with van der Waals surface area (Å²) in [6, 6.07) is -3.71. The number of nitrogens with zero attached hydrogens (tertiary/aromatic N) is 4. The van der Waals surface area contributed by atoms with E-state index in [0.717, 1.165) is 0 Å². The summed E-state index contributed by atoms with van der Waals surface area (Å²) in [4.78, 5) is 77.9. The molecule has 15 heteroatoms. The molecule has 3 atom stereocenters. The van der Waals surface area contributed by atoms with Gasteiger partial charge in [0.05, 0.1) is 6.61 Å². The Bertz CT molecular complexity index is 955. The minimum Gasteiger partial charge on any atom is -0.464 e. The van der Waals surface area contributed by atoms with Crippen LogP contribution in [0.1, 0.15) is 45.4 Å². The fraction of sp³-hybridized carbons (Fsp3) is 0.545. The Morgan fingerprint density at radius 1 is 0.865 bits per heavy atom. The number of ketones is 2. The van der Waals surface area contributed by atoms with Gasteiger partial charge in [0, 0.05) is 19.3 Å². The molecule has 0 aliphatic heterocycles. The fourth-order valence-electron chi connectivity index (χ4n) is 2.78. The summed E-state index contributed by atoms with van der Waals surface area (Å²) in [6.45, 7) is 4.88. The van der Waals surface area contributed by atoms with E-state index in [4.69, 9.17) is 26.3 Å². The maximum atomic E-state index is 12.9. The molecule has 4 N–H and O–H groups in total. The third-order valence-electron chi connectivity index (χ3n) is 4.63. The Hall–Kier alpha value is -4.32. The monoisotopic (exact) mass is 521 g/mol. The van der Waals surface area contributed by atoms with Crippen molar-refractivity contribution in [3.05, 3.63) is 23.7 Å². The second kappa shape index (κ2) is 18.9. The third-order valence-corrected chi connectivity index (χ3v) is 4.63. The lowest BCUT2D eigenvalue weighted by molar-refractivity contribution is -0.148. The molecule has 0 bridgehead atoms. The van der Waals surface area contributed by atoms with E-state index in [1.165, 1.54) is 13.0 Å². The highest BCUT2D eigenvalue weighted by molar-refractivity contribution is 6.25. The van der Waals surface area contributed by atoms with E-state index in [1.54, 1.807) is 0 Å². The molecule has 0 unspecified atom stereocenters. The van der Waals surface area contributed by atoms with Crippen molar-refractivity contribution in [3.8, 4) is 0 Å². The van der Waals surface area contributed by atoms with Crippen molar-refractivity contribution in [1.82, 2.24) is 10.6 Å². The van der Waals surface area contributed by atoms with Gasteiger partial charge in [-0.15, -0.1) is 0 Å². The predicted molar refractivity (Wildman–Crippen MR) is 127 cm³/mol. The Morgan fingerprint density at radius 2 is 1.43 bits per heavy atom. The van der Waals surface area contributed by atoms with Crippen LogP contribution in [0.4, 0.5) is 0 Å². The molecule has 0 aromatic rings. The van der Waals surface area contributed by atoms with Crippen LogP contribution in [-0.4, -0.2) is 88.7 Å². The van der Waals surface area contributed by atoms with Crippen LogP contribution in [-0.2, 0) is 38.2 Å². The molecule has 202 valence electrons. The highest BCUT2D eigenvalue weighted by atomic mass is 16.5. The SMILES string of the molecule is C=CCOC(=O)[C@@H](N)CCC(=O)N[C@@H](CCC(=O)C=[N+]=[N-])C(=O)N[C@@H](CCC(=O)C=[N+]=[N-])C(=O)OCC. The van der Waals surface area contributed by atoms with Gasteiger partial charge in [-0.1, -0.05) is 12.7 Å². The first-order chi connectivity index (χ1) is 17.6. The zero-order valence-corrected chi connectivity index (χ0v) is 20.5. The van der Waals surface area contributed by atoms with Crippen LogP contribution in [0.2, 0.25) is 0 Å². The molecule has 0 aliphatic carbocycles. The summed E-state index contributed by atoms with van der Waals surface area (Å²) in [5.41, 5.74) is 22.6. The summed E-state index contributed by atoms with van der Waals surface area (Å²) < 4.78 is 9.70. The first-order valence-electron chi connectivity index (χ1n) is 11.3. The minimum atomic E-state index is -1.32. The molecule has 0 aliphatic rings. The number of Topliss-reactive ketones (excluding diaryl/α,β-unsaturated/α-hetero) is 2. The predicted octanol–water partition coefficient (Wildman–Crippen LogP) is -1.34. The lowest BCUT2D eigenvalue weighted by atomic mass is 10.0. The van der Waals surface area contributed by atoms with Crippen LogP contribution >= 0.6 is 0 Å². The Kier molecular flexibility index (Phi) is 16.7. The van der Waals surface area contributed by atoms with E-state index in [2.05, 4.69) is 26.8 Å². The van der Waals surface area contributed by atoms with Gasteiger partial charge in [0.2, 0.25) is 23.4 Å². The summed E-state index contributed by atoms with van der Waals surface area (Å²) in [5, 5.41) is 4.78. The van der Waals surface area contributed by atoms with Crippen LogP contribution in [0.3, 0.4) is 0 Å². The van der Waals surface area contributed by atoms with Crippen LogP contribution in [0.5, 0.6) is 0 Å². The van der Waals surface area contributed by atoms with Gasteiger partial charge < -0.3 is 36.9 Å². The molecule has 37 heavy (non-hydrogen) atoms. The molecule has 0 aromatic heterocycles. The average molecular weight is 522 g/mol. The number of nitrogens with one attached hydrogen (secondary N) is 2. The fourth-order valence-corrected chi connectivity index (χ4v) is 2.78. The number of hydrogen-bond acceptors (Lipinski definition) is 9. The number of ether oxygens (including phenoxy) is 2. The number of esters is 2. The third kappa shape index (κ3) is 14.6. The molecule has 0 heterocycles. The highest BCUT2D eigenvalue weighted by Crippen LogP contribution is 2.06. The standard InChI is InChI=1S/C22H31N7O8/c1-3-11-37-21(34)16(23)7-10-19(32)28-17(8-5-14(30)12-26-24)20(33)29-18(22(35)36-4-2)9-6-15(31)13-27-25/h3,12-13,16-18H,1,4-11,23H2,2H3,(H,28,32)(H,29,33)/t16-,17-,18-/m0/s1. The minimum absolute atomic E-state index is 0.0120. The van der Waals surface area contributed by atoms with Gasteiger partial charge in [-0.2, -0.15) is 9.58 Å². The summed E-state index contributed by atoms with van der Waals surface area (Å²) in [6.07, 6.45) is 1.24. The number of carbonyl (C=O) groups excluding carboxylic acids is 6. The van der Waals surface area contributed by atoms with Crippen LogP contribution in [0.15, 0.2) is 12.7 Å². The average Bonchev–Trinajstić information content (AvgIpc) is 2.86. The normalized spacial score (nSPS) is 12.3. The first-order valence-corrected chi connectivity index (χ1v) is 11.3. The Balaban J connectivity index is 5.43. The largest absolute Gasteiger partial charge is 0.464 e. The lowest BCUT2D eigenvalue weighted by Gasteiger charge is -2.22. The van der Waals surface area contributed by atoms with Crippen molar-refractivity contribution in [2.45, 2.75) is 63.6 Å². The molecular weight excluding hydrogens is 490 g/mol. The van der Waals surface area contributed by atoms with Gasteiger partial charge >= 0.3 is 24.4 Å². The van der Waals surface area contributed by atoms with E-state index in [9.17, 15) is 28.8 Å². The van der Waals surface area contributed by atoms with Crippen LogP contribution in [0, 0.1) is 0 Å². The van der Waals surface area contributed by atoms with Crippen LogP contribution in [0.25, 0.3) is 11.1 Å². The van der Waals surface area contributed by atoms with E-state index in [0.29, 0.717) is 12.4 Å².